The average molecular weight is 220 g/mol. The second-order valence-corrected chi connectivity index (χ2v) is 4.06. The van der Waals surface area contributed by atoms with Crippen LogP contribution in [0.25, 0.3) is 0 Å². The van der Waals surface area contributed by atoms with E-state index >= 15 is 0 Å². The molecule has 0 spiro atoms. The van der Waals surface area contributed by atoms with E-state index in [0.717, 1.165) is 17.0 Å². The Morgan fingerprint density at radius 3 is 3.00 bits per heavy atom. The van der Waals surface area contributed by atoms with E-state index in [9.17, 15) is 4.79 Å². The molecule has 1 aromatic carbocycles. The fraction of sp³-hybridized carbons (Fsp3) is 0.417. The van der Waals surface area contributed by atoms with Crippen molar-refractivity contribution < 1.29 is 9.53 Å². The maximum atomic E-state index is 11.5. The van der Waals surface area contributed by atoms with E-state index in [1.807, 2.05) is 25.1 Å². The Bertz CT molecular complexity index is 417. The third-order valence-corrected chi connectivity index (χ3v) is 2.70. The second kappa shape index (κ2) is 4.14. The van der Waals surface area contributed by atoms with E-state index in [-0.39, 0.29) is 12.0 Å². The van der Waals surface area contributed by atoms with Crippen LogP contribution >= 0.6 is 0 Å². The van der Waals surface area contributed by atoms with Gasteiger partial charge in [0.2, 0.25) is 5.91 Å². The highest BCUT2D eigenvalue weighted by atomic mass is 16.5. The van der Waals surface area contributed by atoms with Crippen molar-refractivity contribution in [2.24, 2.45) is 5.73 Å². The topological polar surface area (TPSA) is 55.6 Å². The second-order valence-electron chi connectivity index (χ2n) is 4.06. The molecule has 0 aromatic heterocycles. The Morgan fingerprint density at radius 1 is 1.62 bits per heavy atom. The number of hydrogen-bond acceptors (Lipinski definition) is 3. The van der Waals surface area contributed by atoms with Gasteiger partial charge in [-0.25, -0.2) is 0 Å². The molecule has 1 aliphatic heterocycles. The molecule has 1 atom stereocenters. The lowest BCUT2D eigenvalue weighted by Crippen LogP contribution is -2.41. The van der Waals surface area contributed by atoms with Gasteiger partial charge in [0.1, 0.15) is 11.9 Å². The maximum Gasteiger partial charge on any atom is 0.224 e. The molecule has 1 aromatic rings. The fourth-order valence-electron chi connectivity index (χ4n) is 1.91. The molecule has 0 saturated carbocycles. The third kappa shape index (κ3) is 1.88. The summed E-state index contributed by atoms with van der Waals surface area (Å²) in [7, 11) is 0. The first-order valence-electron chi connectivity index (χ1n) is 5.39. The van der Waals surface area contributed by atoms with Crippen LogP contribution in [0.3, 0.4) is 0 Å². The third-order valence-electron chi connectivity index (χ3n) is 2.70. The molecule has 4 nitrogen and oxygen atoms in total. The highest BCUT2D eigenvalue weighted by Gasteiger charge is 2.25. The molecule has 1 unspecified atom stereocenters. The summed E-state index contributed by atoms with van der Waals surface area (Å²) in [5.74, 6) is 0.789. The standard InChI is InChI=1S/C12H16N2O2/c1-8-7-14(9(2)15)11-5-10(6-13)3-4-12(11)16-8/h3-5,8H,6-7,13H2,1-2H3. The van der Waals surface area contributed by atoms with E-state index in [1.165, 1.54) is 0 Å². The quantitative estimate of drug-likeness (QED) is 0.775. The van der Waals surface area contributed by atoms with Gasteiger partial charge in [-0.15, -0.1) is 0 Å². The van der Waals surface area contributed by atoms with Crippen LogP contribution in [0.15, 0.2) is 18.2 Å². The molecule has 1 amide bonds. The minimum Gasteiger partial charge on any atom is -0.487 e. The van der Waals surface area contributed by atoms with Gasteiger partial charge in [0.05, 0.1) is 12.2 Å². The molecule has 0 aliphatic carbocycles. The number of rotatable bonds is 1. The van der Waals surface area contributed by atoms with Crippen LogP contribution in [0.5, 0.6) is 5.75 Å². The smallest absolute Gasteiger partial charge is 0.224 e. The molecule has 0 fully saturated rings. The van der Waals surface area contributed by atoms with Gasteiger partial charge in [-0.1, -0.05) is 6.07 Å². The highest BCUT2D eigenvalue weighted by Crippen LogP contribution is 2.34. The average Bonchev–Trinajstić information content (AvgIpc) is 2.27. The van der Waals surface area contributed by atoms with Gasteiger partial charge in [0, 0.05) is 13.5 Å². The first-order valence-corrected chi connectivity index (χ1v) is 5.39. The first kappa shape index (κ1) is 11.0. The van der Waals surface area contributed by atoms with Crippen LogP contribution in [0.2, 0.25) is 0 Å². The lowest BCUT2D eigenvalue weighted by atomic mass is 10.1. The Kier molecular flexibility index (Phi) is 2.83. The zero-order valence-electron chi connectivity index (χ0n) is 9.56. The minimum atomic E-state index is 0.0279. The summed E-state index contributed by atoms with van der Waals surface area (Å²) in [6.45, 7) is 4.58. The predicted molar refractivity (Wildman–Crippen MR) is 62.5 cm³/mol. The summed E-state index contributed by atoms with van der Waals surface area (Å²) in [5.41, 5.74) is 7.42. The van der Waals surface area contributed by atoms with E-state index in [4.69, 9.17) is 10.5 Å². The van der Waals surface area contributed by atoms with Crippen molar-refractivity contribution in [2.45, 2.75) is 26.5 Å². The largest absolute Gasteiger partial charge is 0.487 e. The molecular weight excluding hydrogens is 204 g/mol. The van der Waals surface area contributed by atoms with Crippen molar-refractivity contribution in [2.75, 3.05) is 11.4 Å². The molecule has 2 rings (SSSR count). The van der Waals surface area contributed by atoms with Crippen molar-refractivity contribution in [1.29, 1.82) is 0 Å². The molecule has 86 valence electrons. The number of amides is 1. The zero-order chi connectivity index (χ0) is 11.7. The normalized spacial score (nSPS) is 18.9. The summed E-state index contributed by atoms with van der Waals surface area (Å²) >= 11 is 0. The number of anilines is 1. The van der Waals surface area contributed by atoms with Crippen molar-refractivity contribution in [3.05, 3.63) is 23.8 Å². The van der Waals surface area contributed by atoms with Crippen LogP contribution in [-0.4, -0.2) is 18.6 Å². The maximum absolute atomic E-state index is 11.5. The summed E-state index contributed by atoms with van der Waals surface area (Å²) in [5, 5.41) is 0. The van der Waals surface area contributed by atoms with Gasteiger partial charge in [-0.05, 0) is 24.6 Å². The van der Waals surface area contributed by atoms with Crippen molar-refractivity contribution in [3.63, 3.8) is 0 Å². The zero-order valence-corrected chi connectivity index (χ0v) is 9.56. The number of carbonyl (C=O) groups is 1. The van der Waals surface area contributed by atoms with E-state index in [0.29, 0.717) is 13.1 Å². The molecule has 0 bridgehead atoms. The summed E-state index contributed by atoms with van der Waals surface area (Å²) in [4.78, 5) is 13.3. The lowest BCUT2D eigenvalue weighted by Gasteiger charge is -2.33. The molecule has 1 aliphatic rings. The monoisotopic (exact) mass is 220 g/mol. The number of hydrogen-bond donors (Lipinski definition) is 1. The van der Waals surface area contributed by atoms with Gasteiger partial charge < -0.3 is 15.4 Å². The molecule has 4 heteroatoms. The number of fused-ring (bicyclic) bond motifs is 1. The van der Waals surface area contributed by atoms with Crippen LogP contribution < -0.4 is 15.4 Å². The number of nitrogens with two attached hydrogens (primary N) is 1. The Morgan fingerprint density at radius 2 is 2.38 bits per heavy atom. The van der Waals surface area contributed by atoms with E-state index in [2.05, 4.69) is 0 Å². The molecular formula is C12H16N2O2. The molecule has 1 heterocycles. The summed E-state index contributed by atoms with van der Waals surface area (Å²) < 4.78 is 5.68. The van der Waals surface area contributed by atoms with Crippen molar-refractivity contribution in [1.82, 2.24) is 0 Å². The molecule has 0 saturated heterocycles. The highest BCUT2D eigenvalue weighted by molar-refractivity contribution is 5.93. The number of benzene rings is 1. The number of ether oxygens (including phenoxy) is 1. The number of nitrogens with zero attached hydrogens (tertiary/aromatic N) is 1. The van der Waals surface area contributed by atoms with Gasteiger partial charge in [0.15, 0.2) is 0 Å². The lowest BCUT2D eigenvalue weighted by molar-refractivity contribution is -0.117. The van der Waals surface area contributed by atoms with E-state index in [1.54, 1.807) is 11.8 Å². The summed E-state index contributed by atoms with van der Waals surface area (Å²) in [6.07, 6.45) is 0.0279. The number of carbonyl (C=O) groups excluding carboxylic acids is 1. The summed E-state index contributed by atoms with van der Waals surface area (Å²) in [6, 6.07) is 5.72. The Hall–Kier alpha value is -1.55. The van der Waals surface area contributed by atoms with Crippen molar-refractivity contribution in [3.8, 4) is 5.75 Å². The molecule has 16 heavy (non-hydrogen) atoms. The van der Waals surface area contributed by atoms with Crippen LogP contribution in [-0.2, 0) is 11.3 Å². The van der Waals surface area contributed by atoms with Crippen LogP contribution in [0.4, 0.5) is 5.69 Å². The van der Waals surface area contributed by atoms with E-state index < -0.39 is 0 Å². The molecule has 0 radical (unpaired) electrons. The van der Waals surface area contributed by atoms with Gasteiger partial charge in [0.25, 0.3) is 0 Å². The van der Waals surface area contributed by atoms with Crippen molar-refractivity contribution >= 4 is 11.6 Å². The SMILES string of the molecule is CC(=O)N1CC(C)Oc2ccc(CN)cc21. The fourth-order valence-corrected chi connectivity index (χ4v) is 1.91. The molecule has 2 N–H and O–H groups in total. The Labute approximate surface area is 95.0 Å². The van der Waals surface area contributed by atoms with Gasteiger partial charge >= 0.3 is 0 Å². The van der Waals surface area contributed by atoms with Gasteiger partial charge in [-0.2, -0.15) is 0 Å². The minimum absolute atomic E-state index is 0.0279. The Balaban J connectivity index is 2.45. The van der Waals surface area contributed by atoms with Crippen LogP contribution in [0, 0.1) is 0 Å². The predicted octanol–water partition coefficient (Wildman–Crippen LogP) is 1.28. The van der Waals surface area contributed by atoms with Gasteiger partial charge in [-0.3, -0.25) is 4.79 Å². The first-order chi connectivity index (χ1) is 7.61. The van der Waals surface area contributed by atoms with Crippen LogP contribution in [0.1, 0.15) is 19.4 Å².